The molecular weight excluding hydrogens is 435 g/mol. The van der Waals surface area contributed by atoms with Crippen molar-refractivity contribution in [1.82, 2.24) is 5.32 Å². The van der Waals surface area contributed by atoms with Crippen LogP contribution in [0.3, 0.4) is 0 Å². The van der Waals surface area contributed by atoms with Crippen molar-refractivity contribution < 1.29 is 27.4 Å². The van der Waals surface area contributed by atoms with E-state index in [1.54, 1.807) is 20.3 Å². The molecule has 0 aliphatic carbocycles. The van der Waals surface area contributed by atoms with E-state index >= 15 is 0 Å². The summed E-state index contributed by atoms with van der Waals surface area (Å²) in [6, 6.07) is 11.4. The third kappa shape index (κ3) is 4.73. The van der Waals surface area contributed by atoms with E-state index in [9.17, 15) is 18.0 Å². The summed E-state index contributed by atoms with van der Waals surface area (Å²) >= 11 is 0. The number of benzene rings is 2. The lowest BCUT2D eigenvalue weighted by molar-refractivity contribution is -0.137. The molecule has 2 heterocycles. The van der Waals surface area contributed by atoms with Gasteiger partial charge in [0.25, 0.3) is 0 Å². The van der Waals surface area contributed by atoms with E-state index in [-0.39, 0.29) is 18.4 Å². The molecule has 0 bridgehead atoms. The van der Waals surface area contributed by atoms with Gasteiger partial charge < -0.3 is 24.6 Å². The predicted molar refractivity (Wildman–Crippen MR) is 120 cm³/mol. The number of carbonyl (C=O) groups is 1. The van der Waals surface area contributed by atoms with Crippen LogP contribution in [0.15, 0.2) is 42.5 Å². The fourth-order valence-electron chi connectivity index (χ4n) is 4.82. The number of hydrogen-bond acceptors (Lipinski definition) is 5. The zero-order valence-corrected chi connectivity index (χ0v) is 18.7. The molecule has 1 saturated heterocycles. The highest BCUT2D eigenvalue weighted by atomic mass is 19.4. The predicted octanol–water partition coefficient (Wildman–Crippen LogP) is 3.34. The van der Waals surface area contributed by atoms with Crippen molar-refractivity contribution in [3.63, 3.8) is 0 Å². The van der Waals surface area contributed by atoms with Crippen LogP contribution in [0.25, 0.3) is 0 Å². The number of amides is 1. The molecule has 1 amide bonds. The highest BCUT2D eigenvalue weighted by Crippen LogP contribution is 2.41. The number of anilines is 2. The molecule has 2 aromatic rings. The first-order valence-corrected chi connectivity index (χ1v) is 10.9. The van der Waals surface area contributed by atoms with Gasteiger partial charge in [-0.3, -0.25) is 4.79 Å². The van der Waals surface area contributed by atoms with Crippen molar-refractivity contribution in [1.29, 1.82) is 0 Å². The first-order chi connectivity index (χ1) is 15.8. The largest absolute Gasteiger partial charge is 0.495 e. The Morgan fingerprint density at radius 3 is 2.64 bits per heavy atom. The molecule has 6 nitrogen and oxygen atoms in total. The van der Waals surface area contributed by atoms with Crippen LogP contribution >= 0.6 is 0 Å². The van der Waals surface area contributed by atoms with Crippen LogP contribution in [0.2, 0.25) is 0 Å². The molecule has 1 N–H and O–H groups in total. The molecule has 4 rings (SSSR count). The monoisotopic (exact) mass is 463 g/mol. The summed E-state index contributed by atoms with van der Waals surface area (Å²) in [7, 11) is 3.17. The maximum Gasteiger partial charge on any atom is 0.416 e. The number of rotatable bonds is 6. The minimum atomic E-state index is -4.43. The molecular formula is C24H28F3N3O3. The molecule has 2 atom stereocenters. The maximum absolute atomic E-state index is 13.3. The number of ether oxygens (including phenoxy) is 2. The molecule has 2 unspecified atom stereocenters. The normalized spacial score (nSPS) is 20.2. The lowest BCUT2D eigenvalue weighted by Gasteiger charge is -2.49. The molecule has 0 radical (unpaired) electrons. The first-order valence-electron chi connectivity index (χ1n) is 10.9. The number of methoxy groups -OCH3 is 2. The number of para-hydroxylation sites is 2. The van der Waals surface area contributed by atoms with Crippen molar-refractivity contribution in [2.75, 3.05) is 56.8 Å². The second-order valence-corrected chi connectivity index (χ2v) is 8.31. The van der Waals surface area contributed by atoms with Crippen molar-refractivity contribution in [3.05, 3.63) is 53.6 Å². The average Bonchev–Trinajstić information content (AvgIpc) is 2.82. The van der Waals surface area contributed by atoms with Gasteiger partial charge in [-0.25, -0.2) is 0 Å². The first kappa shape index (κ1) is 23.2. The van der Waals surface area contributed by atoms with Crippen molar-refractivity contribution in [2.24, 2.45) is 5.92 Å². The van der Waals surface area contributed by atoms with E-state index in [0.29, 0.717) is 38.3 Å². The second-order valence-electron chi connectivity index (χ2n) is 8.31. The number of carbonyl (C=O) groups excluding carboxylic acids is 1. The number of piperazine rings is 1. The lowest BCUT2D eigenvalue weighted by Crippen LogP contribution is -2.61. The van der Waals surface area contributed by atoms with E-state index in [0.717, 1.165) is 23.2 Å². The fourth-order valence-corrected chi connectivity index (χ4v) is 4.82. The minimum Gasteiger partial charge on any atom is -0.495 e. The number of nitrogens with zero attached hydrogens (tertiary/aromatic N) is 2. The van der Waals surface area contributed by atoms with Gasteiger partial charge in [0.05, 0.1) is 36.9 Å². The van der Waals surface area contributed by atoms with E-state index in [2.05, 4.69) is 15.1 Å². The van der Waals surface area contributed by atoms with Gasteiger partial charge in [0.1, 0.15) is 5.75 Å². The number of nitrogens with one attached hydrogen (secondary N) is 1. The standard InChI is InChI=1S/C24H28F3N3O3/c1-32-12-9-28-23(31)18-14-16-13-17(24(25,26)27)7-8-19(16)30-11-10-29(15-21(18)30)20-5-3-4-6-22(20)33-2/h3-8,13,18,21H,9-12,14-15H2,1-2H3,(H,28,31). The molecule has 33 heavy (non-hydrogen) atoms. The zero-order valence-electron chi connectivity index (χ0n) is 18.7. The molecule has 178 valence electrons. The minimum absolute atomic E-state index is 0.174. The van der Waals surface area contributed by atoms with Crippen LogP contribution in [0.4, 0.5) is 24.5 Å². The van der Waals surface area contributed by atoms with Crippen molar-refractivity contribution in [3.8, 4) is 5.75 Å². The molecule has 9 heteroatoms. The topological polar surface area (TPSA) is 54.0 Å². The lowest BCUT2D eigenvalue weighted by atomic mass is 9.82. The zero-order chi connectivity index (χ0) is 23.6. The van der Waals surface area contributed by atoms with Gasteiger partial charge in [0, 0.05) is 39.0 Å². The van der Waals surface area contributed by atoms with Gasteiger partial charge in [0.2, 0.25) is 5.91 Å². The molecule has 1 fully saturated rings. The van der Waals surface area contributed by atoms with Crippen LogP contribution in [0.1, 0.15) is 11.1 Å². The highest BCUT2D eigenvalue weighted by molar-refractivity contribution is 5.82. The number of alkyl halides is 3. The SMILES string of the molecule is COCCNC(=O)C1Cc2cc(C(F)(F)F)ccc2N2CCN(c3ccccc3OC)CC12. The molecule has 0 aromatic heterocycles. The number of fused-ring (bicyclic) bond motifs is 3. The van der Waals surface area contributed by atoms with E-state index < -0.39 is 17.7 Å². The molecule has 2 aromatic carbocycles. The third-order valence-electron chi connectivity index (χ3n) is 6.41. The molecule has 0 saturated carbocycles. The van der Waals surface area contributed by atoms with E-state index in [4.69, 9.17) is 9.47 Å². The summed E-state index contributed by atoms with van der Waals surface area (Å²) in [5.41, 5.74) is 1.58. The van der Waals surface area contributed by atoms with Gasteiger partial charge in [-0.15, -0.1) is 0 Å². The van der Waals surface area contributed by atoms with Gasteiger partial charge >= 0.3 is 6.18 Å². The molecule has 2 aliphatic rings. The smallest absolute Gasteiger partial charge is 0.416 e. The second kappa shape index (κ2) is 9.51. The quantitative estimate of drug-likeness (QED) is 0.666. The van der Waals surface area contributed by atoms with Gasteiger partial charge in [-0.05, 0) is 42.3 Å². The van der Waals surface area contributed by atoms with Crippen LogP contribution in [0.5, 0.6) is 5.75 Å². The molecule has 0 spiro atoms. The van der Waals surface area contributed by atoms with Crippen LogP contribution in [-0.4, -0.2) is 59.0 Å². The van der Waals surface area contributed by atoms with E-state index in [1.165, 1.54) is 6.07 Å². The van der Waals surface area contributed by atoms with Gasteiger partial charge in [0.15, 0.2) is 0 Å². The summed E-state index contributed by atoms with van der Waals surface area (Å²) in [5, 5.41) is 2.88. The van der Waals surface area contributed by atoms with Crippen LogP contribution in [0, 0.1) is 5.92 Å². The Labute approximate surface area is 191 Å². The van der Waals surface area contributed by atoms with Crippen LogP contribution < -0.4 is 19.9 Å². The van der Waals surface area contributed by atoms with Gasteiger partial charge in [-0.1, -0.05) is 12.1 Å². The van der Waals surface area contributed by atoms with E-state index in [1.807, 2.05) is 24.3 Å². The van der Waals surface area contributed by atoms with Crippen molar-refractivity contribution in [2.45, 2.75) is 18.6 Å². The van der Waals surface area contributed by atoms with Crippen molar-refractivity contribution >= 4 is 17.3 Å². The fraction of sp³-hybridized carbons (Fsp3) is 0.458. The number of halogens is 3. The Bertz CT molecular complexity index is 998. The van der Waals surface area contributed by atoms with Crippen LogP contribution in [-0.2, 0) is 22.1 Å². The Balaban J connectivity index is 1.66. The maximum atomic E-state index is 13.3. The Hall–Kier alpha value is -2.94. The Morgan fingerprint density at radius 2 is 1.91 bits per heavy atom. The number of hydrogen-bond donors (Lipinski definition) is 1. The average molecular weight is 464 g/mol. The summed E-state index contributed by atoms with van der Waals surface area (Å²) in [4.78, 5) is 17.4. The third-order valence-corrected chi connectivity index (χ3v) is 6.41. The summed E-state index contributed by atoms with van der Waals surface area (Å²) in [6.07, 6.45) is -4.18. The van der Waals surface area contributed by atoms with Gasteiger partial charge in [-0.2, -0.15) is 13.2 Å². The Kier molecular flexibility index (Phi) is 6.69. The summed E-state index contributed by atoms with van der Waals surface area (Å²) < 4.78 is 50.6. The summed E-state index contributed by atoms with van der Waals surface area (Å²) in [5.74, 6) is 0.0837. The molecule has 2 aliphatic heterocycles. The Morgan fingerprint density at radius 1 is 1.12 bits per heavy atom. The summed E-state index contributed by atoms with van der Waals surface area (Å²) in [6.45, 7) is 2.53. The highest BCUT2D eigenvalue weighted by Gasteiger charge is 2.43.